The number of sulfonamides is 1. The van der Waals surface area contributed by atoms with Gasteiger partial charge in [0.25, 0.3) is 0 Å². The quantitative estimate of drug-likeness (QED) is 0.781. The van der Waals surface area contributed by atoms with Crippen molar-refractivity contribution in [1.82, 2.24) is 10.0 Å². The molecule has 0 aliphatic heterocycles. The summed E-state index contributed by atoms with van der Waals surface area (Å²) < 4.78 is 25.4. The molecule has 23 heavy (non-hydrogen) atoms. The standard InChI is InChI=1S/C18H24N2O2S/c1-3-18(17-7-5-4-6-8-17)20-13-15-9-11-16(12-10-15)14-23(21,22)19-2/h4-12,18-20H,3,13-14H2,1-2H3/t18-/m1/s1. The van der Waals surface area contributed by atoms with Crippen molar-refractivity contribution in [2.24, 2.45) is 0 Å². The van der Waals surface area contributed by atoms with E-state index in [-0.39, 0.29) is 5.75 Å². The van der Waals surface area contributed by atoms with Crippen LogP contribution in [0.5, 0.6) is 0 Å². The van der Waals surface area contributed by atoms with Gasteiger partial charge in [0.15, 0.2) is 0 Å². The lowest BCUT2D eigenvalue weighted by Crippen LogP contribution is -2.21. The minimum absolute atomic E-state index is 0.0127. The zero-order valence-electron chi connectivity index (χ0n) is 13.6. The van der Waals surface area contributed by atoms with Crippen molar-refractivity contribution in [2.75, 3.05) is 7.05 Å². The SMILES string of the molecule is CC[C@@H](NCc1ccc(CS(=O)(=O)NC)cc1)c1ccccc1. The molecule has 0 aliphatic rings. The molecule has 0 aliphatic carbocycles. The molecule has 1 atom stereocenters. The molecule has 0 bridgehead atoms. The van der Waals surface area contributed by atoms with Gasteiger partial charge in [-0.05, 0) is 30.2 Å². The summed E-state index contributed by atoms with van der Waals surface area (Å²) in [5, 5.41) is 3.55. The molecule has 0 amide bonds. The van der Waals surface area contributed by atoms with E-state index in [1.165, 1.54) is 12.6 Å². The summed E-state index contributed by atoms with van der Waals surface area (Å²) in [6.07, 6.45) is 1.02. The van der Waals surface area contributed by atoms with E-state index in [4.69, 9.17) is 0 Å². The van der Waals surface area contributed by atoms with Crippen LogP contribution in [0.3, 0.4) is 0 Å². The topological polar surface area (TPSA) is 58.2 Å². The van der Waals surface area contributed by atoms with Gasteiger partial charge in [-0.1, -0.05) is 61.5 Å². The van der Waals surface area contributed by atoms with Gasteiger partial charge in [-0.25, -0.2) is 13.1 Å². The molecule has 4 nitrogen and oxygen atoms in total. The fraction of sp³-hybridized carbons (Fsp3) is 0.333. The molecule has 2 aromatic rings. The van der Waals surface area contributed by atoms with Crippen LogP contribution >= 0.6 is 0 Å². The van der Waals surface area contributed by atoms with Crippen LogP contribution in [0.4, 0.5) is 0 Å². The molecule has 0 radical (unpaired) electrons. The molecule has 2 N–H and O–H groups in total. The van der Waals surface area contributed by atoms with Gasteiger partial charge >= 0.3 is 0 Å². The van der Waals surface area contributed by atoms with Gasteiger partial charge in [0, 0.05) is 12.6 Å². The largest absolute Gasteiger partial charge is 0.306 e. The first-order chi connectivity index (χ1) is 11.0. The van der Waals surface area contributed by atoms with Crippen LogP contribution in [0, 0.1) is 0 Å². The molecule has 0 fully saturated rings. The molecule has 2 rings (SSSR count). The Labute approximate surface area is 139 Å². The van der Waals surface area contributed by atoms with Crippen molar-refractivity contribution in [2.45, 2.75) is 31.7 Å². The predicted molar refractivity (Wildman–Crippen MR) is 94.4 cm³/mol. The number of nitrogens with one attached hydrogen (secondary N) is 2. The van der Waals surface area contributed by atoms with Crippen LogP contribution in [0.2, 0.25) is 0 Å². The smallest absolute Gasteiger partial charge is 0.215 e. The minimum atomic E-state index is -3.22. The van der Waals surface area contributed by atoms with Gasteiger partial charge in [-0.15, -0.1) is 0 Å². The Morgan fingerprint density at radius 3 is 2.13 bits per heavy atom. The van der Waals surface area contributed by atoms with E-state index in [1.807, 2.05) is 30.3 Å². The molecule has 0 unspecified atom stereocenters. The van der Waals surface area contributed by atoms with E-state index in [0.29, 0.717) is 6.04 Å². The van der Waals surface area contributed by atoms with Gasteiger partial charge < -0.3 is 5.32 Å². The summed E-state index contributed by atoms with van der Waals surface area (Å²) >= 11 is 0. The average Bonchev–Trinajstić information content (AvgIpc) is 2.57. The zero-order valence-corrected chi connectivity index (χ0v) is 14.4. The molecular formula is C18H24N2O2S. The number of hydrogen-bond donors (Lipinski definition) is 2. The summed E-state index contributed by atoms with van der Waals surface area (Å²) in [6.45, 7) is 2.92. The van der Waals surface area contributed by atoms with Crippen molar-refractivity contribution in [3.63, 3.8) is 0 Å². The Hall–Kier alpha value is -1.69. The first-order valence-electron chi connectivity index (χ1n) is 7.81. The van der Waals surface area contributed by atoms with Crippen LogP contribution in [0.25, 0.3) is 0 Å². The highest BCUT2D eigenvalue weighted by Crippen LogP contribution is 2.17. The van der Waals surface area contributed by atoms with Gasteiger partial charge in [0.2, 0.25) is 10.0 Å². The van der Waals surface area contributed by atoms with Gasteiger partial charge in [-0.2, -0.15) is 0 Å². The van der Waals surface area contributed by atoms with E-state index in [0.717, 1.165) is 24.1 Å². The molecule has 0 saturated carbocycles. The van der Waals surface area contributed by atoms with Crippen LogP contribution in [0.1, 0.15) is 36.1 Å². The second-order valence-electron chi connectivity index (χ2n) is 5.53. The Morgan fingerprint density at radius 1 is 0.957 bits per heavy atom. The van der Waals surface area contributed by atoms with Crippen LogP contribution < -0.4 is 10.0 Å². The first kappa shape index (κ1) is 17.7. The second kappa shape index (κ2) is 8.24. The Balaban J connectivity index is 1.96. The first-order valence-corrected chi connectivity index (χ1v) is 9.46. The third-order valence-electron chi connectivity index (χ3n) is 3.85. The monoisotopic (exact) mass is 332 g/mol. The van der Waals surface area contributed by atoms with Crippen molar-refractivity contribution in [1.29, 1.82) is 0 Å². The molecule has 124 valence electrons. The molecular weight excluding hydrogens is 308 g/mol. The van der Waals surface area contributed by atoms with E-state index < -0.39 is 10.0 Å². The molecule has 0 aromatic heterocycles. The second-order valence-corrected chi connectivity index (χ2v) is 7.46. The maximum absolute atomic E-state index is 11.5. The summed E-state index contributed by atoms with van der Waals surface area (Å²) in [4.78, 5) is 0. The summed E-state index contributed by atoms with van der Waals surface area (Å²) in [5.74, 6) is 0.0127. The highest BCUT2D eigenvalue weighted by atomic mass is 32.2. The molecule has 0 saturated heterocycles. The highest BCUT2D eigenvalue weighted by Gasteiger charge is 2.10. The van der Waals surface area contributed by atoms with Crippen molar-refractivity contribution >= 4 is 10.0 Å². The molecule has 2 aromatic carbocycles. The summed E-state index contributed by atoms with van der Waals surface area (Å²) in [7, 11) is -1.78. The third kappa shape index (κ3) is 5.46. The van der Waals surface area contributed by atoms with Crippen LogP contribution in [0.15, 0.2) is 54.6 Å². The predicted octanol–water partition coefficient (Wildman–Crippen LogP) is 2.98. The lowest BCUT2D eigenvalue weighted by atomic mass is 10.0. The van der Waals surface area contributed by atoms with Crippen LogP contribution in [-0.4, -0.2) is 15.5 Å². The molecule has 0 spiro atoms. The molecule has 5 heteroatoms. The Bertz CT molecular complexity index is 698. The fourth-order valence-corrected chi connectivity index (χ4v) is 3.24. The van der Waals surface area contributed by atoms with Gasteiger partial charge in [-0.3, -0.25) is 0 Å². The van der Waals surface area contributed by atoms with Crippen molar-refractivity contribution < 1.29 is 8.42 Å². The Morgan fingerprint density at radius 2 is 1.57 bits per heavy atom. The van der Waals surface area contributed by atoms with Crippen molar-refractivity contribution in [3.8, 4) is 0 Å². The van der Waals surface area contributed by atoms with E-state index in [9.17, 15) is 8.42 Å². The summed E-state index contributed by atoms with van der Waals surface area (Å²) in [6, 6.07) is 18.4. The Kier molecular flexibility index (Phi) is 6.33. The van der Waals surface area contributed by atoms with Gasteiger partial charge in [0.05, 0.1) is 5.75 Å². The zero-order chi connectivity index (χ0) is 16.7. The highest BCUT2D eigenvalue weighted by molar-refractivity contribution is 7.88. The minimum Gasteiger partial charge on any atom is -0.306 e. The van der Waals surface area contributed by atoms with Gasteiger partial charge in [0.1, 0.15) is 0 Å². The van der Waals surface area contributed by atoms with Crippen LogP contribution in [-0.2, 0) is 22.3 Å². The number of hydrogen-bond acceptors (Lipinski definition) is 3. The average molecular weight is 332 g/mol. The maximum Gasteiger partial charge on any atom is 0.215 e. The molecule has 0 heterocycles. The third-order valence-corrected chi connectivity index (χ3v) is 5.19. The normalized spacial score (nSPS) is 13.0. The summed E-state index contributed by atoms with van der Waals surface area (Å²) in [5.41, 5.74) is 3.22. The number of benzene rings is 2. The lowest BCUT2D eigenvalue weighted by molar-refractivity contribution is 0.519. The van der Waals surface area contributed by atoms with E-state index in [2.05, 4.69) is 41.2 Å². The van der Waals surface area contributed by atoms with E-state index >= 15 is 0 Å². The van der Waals surface area contributed by atoms with Crippen molar-refractivity contribution in [3.05, 3.63) is 71.3 Å². The number of rotatable bonds is 8. The van der Waals surface area contributed by atoms with E-state index in [1.54, 1.807) is 0 Å². The fourth-order valence-electron chi connectivity index (χ4n) is 2.47. The lowest BCUT2D eigenvalue weighted by Gasteiger charge is -2.17. The maximum atomic E-state index is 11.5.